The van der Waals surface area contributed by atoms with Gasteiger partial charge in [0.05, 0.1) is 13.2 Å². The van der Waals surface area contributed by atoms with Crippen molar-refractivity contribution in [2.45, 2.75) is 23.6 Å². The van der Waals surface area contributed by atoms with E-state index in [9.17, 15) is 8.42 Å². The third kappa shape index (κ3) is 5.01. The number of aliphatic hydroxyl groups excluding tert-OH is 1. The fourth-order valence-electron chi connectivity index (χ4n) is 2.28. The predicted octanol–water partition coefficient (Wildman–Crippen LogP) is 0.282. The molecular weight excluding hydrogens is 312 g/mol. The highest BCUT2D eigenvalue weighted by Crippen LogP contribution is 2.22. The predicted molar refractivity (Wildman–Crippen MR) is 82.2 cm³/mol. The van der Waals surface area contributed by atoms with Crippen LogP contribution in [0.25, 0.3) is 0 Å². The first kappa shape index (κ1) is 16.9. The number of morpholine rings is 1. The van der Waals surface area contributed by atoms with Crippen molar-refractivity contribution in [2.24, 2.45) is 0 Å². The molecule has 2 rings (SSSR count). The summed E-state index contributed by atoms with van der Waals surface area (Å²) in [7, 11) is -3.48. The number of rotatable bonds is 7. The molecule has 120 valence electrons. The van der Waals surface area contributed by atoms with Crippen molar-refractivity contribution < 1.29 is 18.3 Å². The molecule has 0 bridgehead atoms. The smallest absolute Gasteiger partial charge is 0.250 e. The monoisotopic (exact) mass is 334 g/mol. The van der Waals surface area contributed by atoms with E-state index >= 15 is 0 Å². The summed E-state index contributed by atoms with van der Waals surface area (Å²) in [5.41, 5.74) is 0. The lowest BCUT2D eigenvalue weighted by atomic mass is 10.3. The molecule has 1 aliphatic rings. The lowest BCUT2D eigenvalue weighted by Crippen LogP contribution is -2.45. The van der Waals surface area contributed by atoms with Gasteiger partial charge >= 0.3 is 0 Å². The molecule has 1 fully saturated rings. The van der Waals surface area contributed by atoms with Crippen molar-refractivity contribution in [3.05, 3.63) is 17.0 Å². The molecular formula is C13H22N2O4S2. The van der Waals surface area contributed by atoms with E-state index in [1.165, 1.54) is 11.3 Å². The molecule has 6 nitrogen and oxygen atoms in total. The van der Waals surface area contributed by atoms with Crippen LogP contribution < -0.4 is 4.72 Å². The van der Waals surface area contributed by atoms with E-state index in [1.807, 2.05) is 6.92 Å². The van der Waals surface area contributed by atoms with Crippen molar-refractivity contribution in [1.29, 1.82) is 0 Å². The first-order valence-electron chi connectivity index (χ1n) is 7.03. The van der Waals surface area contributed by atoms with Crippen LogP contribution in [-0.2, 0) is 21.2 Å². The van der Waals surface area contributed by atoms with Gasteiger partial charge in [0.15, 0.2) is 0 Å². The van der Waals surface area contributed by atoms with Crippen molar-refractivity contribution in [3.63, 3.8) is 0 Å². The van der Waals surface area contributed by atoms with Gasteiger partial charge in [-0.2, -0.15) is 0 Å². The molecule has 0 amide bonds. The van der Waals surface area contributed by atoms with Crippen LogP contribution in [0.3, 0.4) is 0 Å². The van der Waals surface area contributed by atoms with Crippen LogP contribution in [0.2, 0.25) is 0 Å². The van der Waals surface area contributed by atoms with Crippen molar-refractivity contribution in [2.75, 3.05) is 39.5 Å². The van der Waals surface area contributed by atoms with Crippen LogP contribution >= 0.6 is 11.3 Å². The van der Waals surface area contributed by atoms with E-state index in [0.29, 0.717) is 30.4 Å². The Balaban J connectivity index is 1.92. The van der Waals surface area contributed by atoms with Crippen molar-refractivity contribution >= 4 is 21.4 Å². The molecule has 21 heavy (non-hydrogen) atoms. The Morgan fingerprint density at radius 1 is 1.43 bits per heavy atom. The minimum absolute atomic E-state index is 0.0286. The molecule has 1 aromatic rings. The van der Waals surface area contributed by atoms with Gasteiger partial charge in [-0.25, -0.2) is 13.1 Å². The second-order valence-corrected chi connectivity index (χ2v) is 8.24. The highest BCUT2D eigenvalue weighted by molar-refractivity contribution is 7.91. The fourth-order valence-corrected chi connectivity index (χ4v) is 4.87. The summed E-state index contributed by atoms with van der Waals surface area (Å²) >= 11 is 1.21. The molecule has 1 unspecified atom stereocenters. The highest BCUT2D eigenvalue weighted by Gasteiger charge is 2.21. The largest absolute Gasteiger partial charge is 0.396 e. The fraction of sp³-hybridized carbons (Fsp3) is 0.692. The van der Waals surface area contributed by atoms with Crippen LogP contribution in [0.5, 0.6) is 0 Å². The quantitative estimate of drug-likeness (QED) is 0.749. The van der Waals surface area contributed by atoms with Crippen molar-refractivity contribution in [3.8, 4) is 0 Å². The number of hydrogen-bond donors (Lipinski definition) is 2. The first-order chi connectivity index (χ1) is 10.0. The van der Waals surface area contributed by atoms with Gasteiger partial charge < -0.3 is 9.84 Å². The van der Waals surface area contributed by atoms with E-state index < -0.39 is 10.0 Å². The zero-order valence-corrected chi connectivity index (χ0v) is 13.8. The summed E-state index contributed by atoms with van der Waals surface area (Å²) in [6.45, 7) is 5.66. The maximum absolute atomic E-state index is 12.3. The molecule has 0 saturated carbocycles. The minimum atomic E-state index is -3.48. The average Bonchev–Trinajstić information content (AvgIpc) is 2.89. The first-order valence-corrected chi connectivity index (χ1v) is 9.33. The third-order valence-electron chi connectivity index (χ3n) is 3.25. The third-order valence-corrected chi connectivity index (χ3v) is 6.48. The molecule has 0 radical (unpaired) electrons. The normalized spacial score (nSPS) is 18.8. The molecule has 1 aliphatic heterocycles. The standard InChI is InChI=1S/C13H22N2O4S2/c1-11(10-15-5-8-19-9-6-15)14-21(17,18)13-3-2-12(20-13)4-7-16/h2-3,11,14,16H,4-10H2,1H3. The molecule has 2 heterocycles. The summed E-state index contributed by atoms with van der Waals surface area (Å²) in [5, 5.41) is 8.89. The molecule has 1 saturated heterocycles. The van der Waals surface area contributed by atoms with Gasteiger partial charge in [-0.05, 0) is 19.1 Å². The van der Waals surface area contributed by atoms with E-state index in [0.717, 1.165) is 18.0 Å². The second kappa shape index (κ2) is 7.66. The number of aliphatic hydroxyl groups is 1. The van der Waals surface area contributed by atoms with Crippen LogP contribution in [0.4, 0.5) is 0 Å². The Kier molecular flexibility index (Phi) is 6.15. The Morgan fingerprint density at radius 2 is 2.14 bits per heavy atom. The average molecular weight is 334 g/mol. The Labute approximate surface area is 129 Å². The van der Waals surface area contributed by atoms with Gasteiger partial charge in [0, 0.05) is 43.6 Å². The number of thiophene rings is 1. The van der Waals surface area contributed by atoms with E-state index in [2.05, 4.69) is 9.62 Å². The summed E-state index contributed by atoms with van der Waals surface area (Å²) in [4.78, 5) is 3.07. The summed E-state index contributed by atoms with van der Waals surface area (Å²) in [5.74, 6) is 0. The molecule has 0 spiro atoms. The molecule has 8 heteroatoms. The molecule has 1 aromatic heterocycles. The molecule has 0 aromatic carbocycles. The van der Waals surface area contributed by atoms with Crippen LogP contribution in [-0.4, -0.2) is 63.9 Å². The maximum atomic E-state index is 12.3. The van der Waals surface area contributed by atoms with Gasteiger partial charge in [0.2, 0.25) is 10.0 Å². The number of hydrogen-bond acceptors (Lipinski definition) is 6. The maximum Gasteiger partial charge on any atom is 0.250 e. The van der Waals surface area contributed by atoms with Gasteiger partial charge in [-0.1, -0.05) is 0 Å². The Bertz CT molecular complexity index is 538. The summed E-state index contributed by atoms with van der Waals surface area (Å²) < 4.78 is 32.9. The van der Waals surface area contributed by atoms with Gasteiger partial charge in [-0.15, -0.1) is 11.3 Å². The Morgan fingerprint density at radius 3 is 2.81 bits per heavy atom. The minimum Gasteiger partial charge on any atom is -0.396 e. The Hall–Kier alpha value is -0.510. The number of sulfonamides is 1. The topological polar surface area (TPSA) is 78.9 Å². The lowest BCUT2D eigenvalue weighted by Gasteiger charge is -2.29. The molecule has 2 N–H and O–H groups in total. The van der Waals surface area contributed by atoms with E-state index in [4.69, 9.17) is 9.84 Å². The summed E-state index contributed by atoms with van der Waals surface area (Å²) in [6.07, 6.45) is 0.490. The number of nitrogens with zero attached hydrogens (tertiary/aromatic N) is 1. The summed E-state index contributed by atoms with van der Waals surface area (Å²) in [6, 6.07) is 3.19. The van der Waals surface area contributed by atoms with Crippen LogP contribution in [0, 0.1) is 0 Å². The van der Waals surface area contributed by atoms with E-state index in [1.54, 1.807) is 12.1 Å². The zero-order valence-electron chi connectivity index (χ0n) is 12.1. The zero-order chi connectivity index (χ0) is 15.3. The highest BCUT2D eigenvalue weighted by atomic mass is 32.2. The van der Waals surface area contributed by atoms with Gasteiger partial charge in [0.25, 0.3) is 0 Å². The van der Waals surface area contributed by atoms with Crippen LogP contribution in [0.1, 0.15) is 11.8 Å². The molecule has 0 aliphatic carbocycles. The number of ether oxygens (including phenoxy) is 1. The van der Waals surface area contributed by atoms with Crippen LogP contribution in [0.15, 0.2) is 16.3 Å². The number of nitrogens with one attached hydrogen (secondary N) is 1. The lowest BCUT2D eigenvalue weighted by molar-refractivity contribution is 0.0354. The van der Waals surface area contributed by atoms with E-state index in [-0.39, 0.29) is 12.6 Å². The van der Waals surface area contributed by atoms with Gasteiger partial charge in [0.1, 0.15) is 4.21 Å². The SMILES string of the molecule is CC(CN1CCOCC1)NS(=O)(=O)c1ccc(CCO)s1. The molecule has 1 atom stereocenters. The van der Waals surface area contributed by atoms with Crippen molar-refractivity contribution in [1.82, 2.24) is 9.62 Å². The van der Waals surface area contributed by atoms with Gasteiger partial charge in [-0.3, -0.25) is 4.90 Å². The second-order valence-electron chi connectivity index (χ2n) is 5.13.